The molecule has 1 fully saturated rings. The third-order valence-electron chi connectivity index (χ3n) is 0.476. The van der Waals surface area contributed by atoms with Crippen LogP contribution in [0.25, 0.3) is 0 Å². The predicted molar refractivity (Wildman–Crippen MR) is 21.0 cm³/mol. The Morgan fingerprint density at radius 1 is 1.57 bits per heavy atom. The van der Waals surface area contributed by atoms with Crippen LogP contribution in [0.1, 0.15) is 0 Å². The average Bonchev–Trinajstić information content (AvgIpc) is 2.22. The average molecular weight is 174 g/mol. The quantitative estimate of drug-likeness (QED) is 0.244. The first-order valence-electron chi connectivity index (χ1n) is 1.47. The molecular weight excluding hydrogens is 169 g/mol. The largest absolute Gasteiger partial charge is 0.346 e. The Hall–Kier alpha value is 0.853. The Morgan fingerprint density at radius 2 is 2.00 bits per heavy atom. The van der Waals surface area contributed by atoms with Gasteiger partial charge in [-0.25, -0.2) is 0 Å². The van der Waals surface area contributed by atoms with Crippen LogP contribution in [0.2, 0.25) is 0 Å². The monoisotopic (exact) mass is 172 g/mol. The summed E-state index contributed by atoms with van der Waals surface area (Å²) in [5, 5.41) is 8.42. The van der Waals surface area contributed by atoms with Crippen LogP contribution >= 0.6 is 12.6 Å². The molecule has 5 heteroatoms. The summed E-state index contributed by atoms with van der Waals surface area (Å²) in [6, 6.07) is 0. The van der Waals surface area contributed by atoms with Crippen LogP contribution in [0.3, 0.4) is 0 Å². The van der Waals surface area contributed by atoms with Crippen LogP contribution in [-0.4, -0.2) is 16.8 Å². The second kappa shape index (κ2) is 2.42. The van der Waals surface area contributed by atoms with E-state index in [2.05, 4.69) is 22.4 Å². The van der Waals surface area contributed by atoms with Gasteiger partial charge >= 0.3 is 5.97 Å². The van der Waals surface area contributed by atoms with Gasteiger partial charge in [0.25, 0.3) is 0 Å². The fourth-order valence-electron chi connectivity index (χ4n) is 0.101. The van der Waals surface area contributed by atoms with Crippen LogP contribution in [0.4, 0.5) is 0 Å². The molecule has 0 aliphatic carbocycles. The fourth-order valence-corrected chi connectivity index (χ4v) is 0.206. The van der Waals surface area contributed by atoms with E-state index in [1.54, 1.807) is 0 Å². The van der Waals surface area contributed by atoms with E-state index in [4.69, 9.17) is 5.11 Å². The Balaban J connectivity index is 0.000000360. The molecule has 0 saturated carbocycles. The van der Waals surface area contributed by atoms with Crippen molar-refractivity contribution in [3.63, 3.8) is 0 Å². The molecule has 1 rings (SSSR count). The number of thiol groups is 1. The van der Waals surface area contributed by atoms with Crippen molar-refractivity contribution in [1.29, 1.82) is 0 Å². The van der Waals surface area contributed by atoms with Crippen molar-refractivity contribution < 1.29 is 34.4 Å². The summed E-state index contributed by atoms with van der Waals surface area (Å²) in [6.45, 7) is 0. The van der Waals surface area contributed by atoms with Crippen molar-refractivity contribution in [2.24, 2.45) is 0 Å². The van der Waals surface area contributed by atoms with E-state index in [9.17, 15) is 0 Å². The zero-order valence-electron chi connectivity index (χ0n) is 3.63. The molecule has 0 aromatic rings. The molecule has 0 radical (unpaired) electrons. The van der Waals surface area contributed by atoms with E-state index in [0.717, 1.165) is 0 Å². The van der Waals surface area contributed by atoms with Gasteiger partial charge in [-0.2, -0.15) is 22.4 Å². The van der Waals surface area contributed by atoms with Crippen LogP contribution in [0, 0.1) is 0 Å². The normalized spacial score (nSPS) is 23.1. The van der Waals surface area contributed by atoms with Crippen LogP contribution in [0.15, 0.2) is 0 Å². The second-order valence-corrected chi connectivity index (χ2v) is 1.35. The minimum absolute atomic E-state index is 0. The second-order valence-electron chi connectivity index (χ2n) is 1.04. The molecule has 1 N–H and O–H groups in total. The van der Waals surface area contributed by atoms with Gasteiger partial charge in [-0.1, -0.05) is 0 Å². The van der Waals surface area contributed by atoms with Crippen molar-refractivity contribution in [3.8, 4) is 0 Å². The van der Waals surface area contributed by atoms with Gasteiger partial charge in [0.2, 0.25) is 0 Å². The Labute approximate surface area is 59.1 Å². The third kappa shape index (κ3) is 2.06. The molecule has 38 valence electrons. The number of hydrogen-bond acceptors (Lipinski definition) is 4. The van der Waals surface area contributed by atoms with E-state index >= 15 is 0 Å². The maximum absolute atomic E-state index is 8.42. The fraction of sp³-hybridized carbons (Fsp3) is 1.00. The van der Waals surface area contributed by atoms with Gasteiger partial charge in [0, 0.05) is 19.5 Å². The summed E-state index contributed by atoms with van der Waals surface area (Å²) in [5.41, 5.74) is 0. The molecule has 7 heavy (non-hydrogen) atoms. The van der Waals surface area contributed by atoms with Crippen molar-refractivity contribution in [2.45, 2.75) is 5.97 Å². The molecule has 0 unspecified atom stereocenters. The standard InChI is InChI=1S/C2H4O3S.Zn/c3-2(1-6)4-5-2;/h3,6H,1H2;. The van der Waals surface area contributed by atoms with Crippen LogP contribution in [-0.2, 0) is 29.3 Å². The molecule has 0 bridgehead atoms. The van der Waals surface area contributed by atoms with Gasteiger partial charge in [-0.3, -0.25) is 0 Å². The van der Waals surface area contributed by atoms with Crippen LogP contribution < -0.4 is 0 Å². The van der Waals surface area contributed by atoms with E-state index < -0.39 is 5.97 Å². The Morgan fingerprint density at radius 3 is 2.00 bits per heavy atom. The zero-order chi connectivity index (χ0) is 4.62. The van der Waals surface area contributed by atoms with Crippen molar-refractivity contribution in [1.82, 2.24) is 0 Å². The Kier molecular flexibility index (Phi) is 2.71. The van der Waals surface area contributed by atoms with E-state index in [0.29, 0.717) is 0 Å². The SMILES string of the molecule is OC1(CS)OO1.[Zn]. The molecule has 0 atom stereocenters. The van der Waals surface area contributed by atoms with Gasteiger partial charge in [-0.05, 0) is 0 Å². The van der Waals surface area contributed by atoms with E-state index in [1.807, 2.05) is 0 Å². The van der Waals surface area contributed by atoms with Gasteiger partial charge in [0.05, 0.1) is 5.75 Å². The summed E-state index contributed by atoms with van der Waals surface area (Å²) in [6.07, 6.45) is 0. The van der Waals surface area contributed by atoms with Crippen molar-refractivity contribution >= 4 is 12.6 Å². The predicted octanol–water partition coefficient (Wildman–Crippen LogP) is -0.478. The smallest absolute Gasteiger partial charge is 0.339 e. The maximum atomic E-state index is 8.42. The minimum Gasteiger partial charge on any atom is -0.339 e. The first-order valence-corrected chi connectivity index (χ1v) is 2.10. The Bertz CT molecular complexity index is 64.0. The van der Waals surface area contributed by atoms with Crippen molar-refractivity contribution in [2.75, 3.05) is 5.75 Å². The van der Waals surface area contributed by atoms with Crippen molar-refractivity contribution in [3.05, 3.63) is 0 Å². The first kappa shape index (κ1) is 7.85. The minimum atomic E-state index is -1.34. The molecule has 0 aromatic carbocycles. The van der Waals surface area contributed by atoms with Gasteiger partial charge < -0.3 is 5.11 Å². The maximum Gasteiger partial charge on any atom is 0.346 e. The molecule has 1 aliphatic rings. The molecule has 1 aliphatic heterocycles. The number of hydrogen-bond donors (Lipinski definition) is 2. The third-order valence-corrected chi connectivity index (χ3v) is 0.875. The van der Waals surface area contributed by atoms with Gasteiger partial charge in [0.1, 0.15) is 0 Å². The summed E-state index contributed by atoms with van der Waals surface area (Å²) in [4.78, 5) is 8.05. The zero-order valence-corrected chi connectivity index (χ0v) is 7.49. The molecule has 1 saturated heterocycles. The molecular formula is C2H4O3SZn. The molecule has 1 heterocycles. The van der Waals surface area contributed by atoms with E-state index in [-0.39, 0.29) is 25.2 Å². The summed E-state index contributed by atoms with van der Waals surface area (Å²) in [5.74, 6) is -1.16. The van der Waals surface area contributed by atoms with Gasteiger partial charge in [-0.15, -0.1) is 0 Å². The molecule has 3 nitrogen and oxygen atoms in total. The summed E-state index contributed by atoms with van der Waals surface area (Å²) in [7, 11) is 0. The summed E-state index contributed by atoms with van der Waals surface area (Å²) < 4.78 is 0. The molecule has 0 aromatic heterocycles. The molecule has 0 spiro atoms. The number of rotatable bonds is 1. The summed E-state index contributed by atoms with van der Waals surface area (Å²) >= 11 is 3.66. The van der Waals surface area contributed by atoms with Gasteiger partial charge in [0.15, 0.2) is 0 Å². The molecule has 0 amide bonds. The van der Waals surface area contributed by atoms with E-state index in [1.165, 1.54) is 0 Å². The topological polar surface area (TPSA) is 45.3 Å². The number of aliphatic hydroxyl groups is 1. The first-order chi connectivity index (χ1) is 2.77. The van der Waals surface area contributed by atoms with Crippen LogP contribution in [0.5, 0.6) is 0 Å².